The first-order valence-electron chi connectivity index (χ1n) is 6.64. The third-order valence-corrected chi connectivity index (χ3v) is 4.58. The van der Waals surface area contributed by atoms with Gasteiger partial charge in [0.2, 0.25) is 10.0 Å². The zero-order chi connectivity index (χ0) is 16.2. The Morgan fingerprint density at radius 3 is 2.73 bits per heavy atom. The van der Waals surface area contributed by atoms with E-state index in [0.717, 1.165) is 0 Å². The molecular formula is C13H16N4O4S. The molecule has 8 nitrogen and oxygen atoms in total. The average molecular weight is 324 g/mol. The summed E-state index contributed by atoms with van der Waals surface area (Å²) in [7, 11) is -1.99. The van der Waals surface area contributed by atoms with Gasteiger partial charge in [0.25, 0.3) is 5.69 Å². The molecule has 22 heavy (non-hydrogen) atoms. The van der Waals surface area contributed by atoms with E-state index in [-0.39, 0.29) is 28.0 Å². The van der Waals surface area contributed by atoms with Gasteiger partial charge in [-0.25, -0.2) is 13.1 Å². The number of non-ortho nitro benzene ring substituents is 1. The van der Waals surface area contributed by atoms with Gasteiger partial charge in [-0.15, -0.1) is 0 Å². The van der Waals surface area contributed by atoms with Gasteiger partial charge in [-0.05, 0) is 38.2 Å². The normalized spacial score (nSPS) is 11.7. The summed E-state index contributed by atoms with van der Waals surface area (Å²) in [4.78, 5) is 14.4. The first-order valence-corrected chi connectivity index (χ1v) is 8.12. The van der Waals surface area contributed by atoms with Crippen molar-refractivity contribution in [1.82, 2.24) is 15.0 Å². The molecule has 9 heteroatoms. The largest absolute Gasteiger partial charge is 0.320 e. The van der Waals surface area contributed by atoms with Crippen molar-refractivity contribution in [3.05, 3.63) is 40.6 Å². The van der Waals surface area contributed by atoms with E-state index < -0.39 is 14.9 Å². The Morgan fingerprint density at radius 2 is 2.05 bits per heavy atom. The van der Waals surface area contributed by atoms with E-state index in [4.69, 9.17) is 0 Å². The lowest BCUT2D eigenvalue weighted by Crippen LogP contribution is -2.27. The smallest absolute Gasteiger partial charge is 0.278 e. The van der Waals surface area contributed by atoms with Crippen molar-refractivity contribution in [2.75, 3.05) is 20.1 Å². The molecule has 0 fully saturated rings. The average Bonchev–Trinajstić information content (AvgIpc) is 2.50. The molecule has 2 rings (SSSR count). The summed E-state index contributed by atoms with van der Waals surface area (Å²) in [6.07, 6.45) is 2.04. The number of benzene rings is 1. The lowest BCUT2D eigenvalue weighted by atomic mass is 10.2. The number of sulfonamides is 1. The lowest BCUT2D eigenvalue weighted by molar-refractivity contribution is -0.383. The van der Waals surface area contributed by atoms with E-state index in [9.17, 15) is 18.5 Å². The van der Waals surface area contributed by atoms with Crippen LogP contribution in [0.3, 0.4) is 0 Å². The van der Waals surface area contributed by atoms with Crippen LogP contribution in [0.15, 0.2) is 35.4 Å². The van der Waals surface area contributed by atoms with Crippen LogP contribution in [0, 0.1) is 10.1 Å². The van der Waals surface area contributed by atoms with Crippen molar-refractivity contribution < 1.29 is 13.3 Å². The Bertz CT molecular complexity index is 792. The molecule has 0 radical (unpaired) electrons. The summed E-state index contributed by atoms with van der Waals surface area (Å²) in [5.41, 5.74) is -0.0740. The quantitative estimate of drug-likeness (QED) is 0.447. The highest BCUT2D eigenvalue weighted by Gasteiger charge is 2.22. The molecule has 0 aliphatic rings. The zero-order valence-corrected chi connectivity index (χ0v) is 12.8. The van der Waals surface area contributed by atoms with E-state index in [2.05, 4.69) is 15.0 Å². The molecule has 2 aromatic rings. The van der Waals surface area contributed by atoms with E-state index >= 15 is 0 Å². The molecule has 0 unspecified atom stereocenters. The van der Waals surface area contributed by atoms with Crippen molar-refractivity contribution in [3.8, 4) is 0 Å². The summed E-state index contributed by atoms with van der Waals surface area (Å²) in [6.45, 7) is 0.955. The van der Waals surface area contributed by atoms with Crippen LogP contribution >= 0.6 is 0 Å². The maximum absolute atomic E-state index is 12.3. The van der Waals surface area contributed by atoms with Gasteiger partial charge in [0.15, 0.2) is 0 Å². The van der Waals surface area contributed by atoms with Gasteiger partial charge in [0.1, 0.15) is 4.90 Å². The number of nitrogens with zero attached hydrogens (tertiary/aromatic N) is 2. The highest BCUT2D eigenvalue weighted by molar-refractivity contribution is 7.89. The van der Waals surface area contributed by atoms with E-state index in [1.165, 1.54) is 30.5 Å². The topological polar surface area (TPSA) is 114 Å². The van der Waals surface area contributed by atoms with Crippen LogP contribution in [0.5, 0.6) is 0 Å². The Labute approximate surface area is 127 Å². The molecule has 118 valence electrons. The fourth-order valence-electron chi connectivity index (χ4n) is 2.06. The molecule has 1 aromatic carbocycles. The van der Waals surface area contributed by atoms with Crippen LogP contribution in [0.25, 0.3) is 10.9 Å². The van der Waals surface area contributed by atoms with Gasteiger partial charge in [-0.3, -0.25) is 15.1 Å². The van der Waals surface area contributed by atoms with Gasteiger partial charge in [0.05, 0.1) is 15.8 Å². The Hall–Kier alpha value is -2.10. The summed E-state index contributed by atoms with van der Waals surface area (Å²) in [5.74, 6) is 0. The summed E-state index contributed by atoms with van der Waals surface area (Å²) in [6, 6.07) is 5.42. The van der Waals surface area contributed by atoms with Crippen LogP contribution in [0.2, 0.25) is 0 Å². The Morgan fingerprint density at radius 1 is 1.27 bits per heavy atom. The Balaban J connectivity index is 2.44. The third kappa shape index (κ3) is 3.38. The van der Waals surface area contributed by atoms with Crippen LogP contribution in [-0.2, 0) is 10.0 Å². The maximum Gasteiger partial charge on any atom is 0.278 e. The minimum Gasteiger partial charge on any atom is -0.320 e. The molecule has 0 aliphatic heterocycles. The molecule has 2 N–H and O–H groups in total. The standard InChI is InChI=1S/C13H16N4O4S/c1-14-7-3-9-16-22(20,21)12-6-5-11(17(18)19)10-4-2-8-15-13(10)12/h2,4-6,8,14,16H,3,7,9H2,1H3. The van der Waals surface area contributed by atoms with E-state index in [1.54, 1.807) is 7.05 Å². The molecule has 0 bridgehead atoms. The highest BCUT2D eigenvalue weighted by atomic mass is 32.2. The predicted molar refractivity (Wildman–Crippen MR) is 82.1 cm³/mol. The summed E-state index contributed by atoms with van der Waals surface area (Å²) >= 11 is 0. The van der Waals surface area contributed by atoms with Crippen LogP contribution < -0.4 is 10.0 Å². The van der Waals surface area contributed by atoms with Crippen molar-refractivity contribution in [2.45, 2.75) is 11.3 Å². The number of rotatable bonds is 7. The first kappa shape index (κ1) is 16.3. The number of pyridine rings is 1. The molecule has 0 atom stereocenters. The fourth-order valence-corrected chi connectivity index (χ4v) is 3.29. The number of aromatic nitrogens is 1. The molecule has 0 aliphatic carbocycles. The van der Waals surface area contributed by atoms with Crippen molar-refractivity contribution in [1.29, 1.82) is 0 Å². The van der Waals surface area contributed by atoms with Crippen molar-refractivity contribution in [2.24, 2.45) is 0 Å². The summed E-state index contributed by atoms with van der Waals surface area (Å²) < 4.78 is 27.2. The van der Waals surface area contributed by atoms with Gasteiger partial charge in [-0.1, -0.05) is 0 Å². The monoisotopic (exact) mass is 324 g/mol. The van der Waals surface area contributed by atoms with Crippen LogP contribution in [0.4, 0.5) is 5.69 Å². The number of nitro benzene ring substituents is 1. The third-order valence-electron chi connectivity index (χ3n) is 3.09. The van der Waals surface area contributed by atoms with Crippen molar-refractivity contribution >= 4 is 26.6 Å². The van der Waals surface area contributed by atoms with E-state index in [1.807, 2.05) is 0 Å². The number of fused-ring (bicyclic) bond motifs is 1. The van der Waals surface area contributed by atoms with Gasteiger partial charge in [-0.2, -0.15) is 0 Å². The van der Waals surface area contributed by atoms with Crippen LogP contribution in [0.1, 0.15) is 6.42 Å². The number of hydrogen-bond donors (Lipinski definition) is 2. The fraction of sp³-hybridized carbons (Fsp3) is 0.308. The molecule has 0 spiro atoms. The lowest BCUT2D eigenvalue weighted by Gasteiger charge is -2.09. The van der Waals surface area contributed by atoms with Gasteiger partial charge >= 0.3 is 0 Å². The second-order valence-corrected chi connectivity index (χ2v) is 6.33. The number of nitrogens with one attached hydrogen (secondary N) is 2. The molecule has 1 heterocycles. The molecule has 0 saturated carbocycles. The van der Waals surface area contributed by atoms with Gasteiger partial charge in [0, 0.05) is 18.8 Å². The second kappa shape index (κ2) is 6.77. The molecule has 0 saturated heterocycles. The SMILES string of the molecule is CNCCCNS(=O)(=O)c1ccc([N+](=O)[O-])c2cccnc12. The molecular weight excluding hydrogens is 308 g/mol. The van der Waals surface area contributed by atoms with Crippen LogP contribution in [-0.4, -0.2) is 38.5 Å². The van der Waals surface area contributed by atoms with Crippen molar-refractivity contribution in [3.63, 3.8) is 0 Å². The Kier molecular flexibility index (Phi) is 5.01. The number of nitro groups is 1. The minimum atomic E-state index is -3.77. The highest BCUT2D eigenvalue weighted by Crippen LogP contribution is 2.29. The minimum absolute atomic E-state index is 0.0573. The molecule has 1 aromatic heterocycles. The molecule has 0 amide bonds. The number of hydrogen-bond acceptors (Lipinski definition) is 6. The second-order valence-electron chi connectivity index (χ2n) is 4.59. The predicted octanol–water partition coefficient (Wildman–Crippen LogP) is 1.03. The maximum atomic E-state index is 12.3. The zero-order valence-electron chi connectivity index (χ0n) is 11.9. The van der Waals surface area contributed by atoms with Gasteiger partial charge < -0.3 is 5.32 Å². The van der Waals surface area contributed by atoms with E-state index in [0.29, 0.717) is 13.0 Å². The summed E-state index contributed by atoms with van der Waals surface area (Å²) in [5, 5.41) is 14.1. The first-order chi connectivity index (χ1) is 10.5.